The zero-order valence-electron chi connectivity index (χ0n) is 9.23. The average molecular weight is 212 g/mol. The molecule has 0 saturated carbocycles. The van der Waals surface area contributed by atoms with E-state index in [0.717, 1.165) is 11.3 Å². The second-order valence-electron chi connectivity index (χ2n) is 4.12. The van der Waals surface area contributed by atoms with Gasteiger partial charge in [0.2, 0.25) is 0 Å². The lowest BCUT2D eigenvalue weighted by atomic mass is 9.95. The van der Waals surface area contributed by atoms with Crippen molar-refractivity contribution in [2.24, 2.45) is 0 Å². The number of nitriles is 1. The predicted octanol–water partition coefficient (Wildman–Crippen LogP) is 2.27. The molecular formula is C12H12N4. The average Bonchev–Trinajstić information content (AvgIpc) is 2.80. The van der Waals surface area contributed by atoms with Gasteiger partial charge in [-0.3, -0.25) is 4.98 Å². The molecule has 0 unspecified atom stereocenters. The molecule has 4 nitrogen and oxygen atoms in total. The topological polar surface area (TPSA) is 65.4 Å². The first kappa shape index (κ1) is 10.4. The van der Waals surface area contributed by atoms with E-state index in [9.17, 15) is 0 Å². The number of aromatic nitrogens is 3. The number of hydrogen-bond acceptors (Lipinski definition) is 3. The second-order valence-corrected chi connectivity index (χ2v) is 4.12. The van der Waals surface area contributed by atoms with E-state index in [1.807, 2.05) is 26.0 Å². The van der Waals surface area contributed by atoms with Crippen molar-refractivity contribution in [1.29, 1.82) is 5.26 Å². The SMILES string of the molecule is CC(C)(C#N)c1ncc(-c2ccncc2)[nH]1. The molecular weight excluding hydrogens is 200 g/mol. The highest BCUT2D eigenvalue weighted by Crippen LogP contribution is 2.22. The van der Waals surface area contributed by atoms with Crippen LogP contribution in [0.2, 0.25) is 0 Å². The van der Waals surface area contributed by atoms with Gasteiger partial charge in [0.25, 0.3) is 0 Å². The Morgan fingerprint density at radius 2 is 2.00 bits per heavy atom. The Balaban J connectivity index is 2.39. The zero-order chi connectivity index (χ0) is 11.6. The van der Waals surface area contributed by atoms with Crippen LogP contribution in [0.5, 0.6) is 0 Å². The van der Waals surface area contributed by atoms with Gasteiger partial charge in [0.05, 0.1) is 18.0 Å². The summed E-state index contributed by atoms with van der Waals surface area (Å²) < 4.78 is 0. The maximum Gasteiger partial charge on any atom is 0.126 e. The third-order valence-corrected chi connectivity index (χ3v) is 2.44. The summed E-state index contributed by atoms with van der Waals surface area (Å²) in [4.78, 5) is 11.4. The summed E-state index contributed by atoms with van der Waals surface area (Å²) in [6.07, 6.45) is 5.19. The van der Waals surface area contributed by atoms with Crippen LogP contribution in [0, 0.1) is 11.3 Å². The molecule has 0 spiro atoms. The third-order valence-electron chi connectivity index (χ3n) is 2.44. The van der Waals surface area contributed by atoms with Crippen LogP contribution in [0.25, 0.3) is 11.3 Å². The first-order valence-corrected chi connectivity index (χ1v) is 5.00. The Morgan fingerprint density at radius 3 is 2.62 bits per heavy atom. The molecule has 2 aromatic heterocycles. The molecule has 4 heteroatoms. The quantitative estimate of drug-likeness (QED) is 0.830. The van der Waals surface area contributed by atoms with Gasteiger partial charge in [0.1, 0.15) is 11.2 Å². The fourth-order valence-electron chi connectivity index (χ4n) is 1.37. The monoisotopic (exact) mass is 212 g/mol. The summed E-state index contributed by atoms with van der Waals surface area (Å²) in [6.45, 7) is 3.67. The van der Waals surface area contributed by atoms with Crippen molar-refractivity contribution in [3.8, 4) is 17.3 Å². The molecule has 0 atom stereocenters. The fraction of sp³-hybridized carbons (Fsp3) is 0.250. The molecule has 2 rings (SSSR count). The number of rotatable bonds is 2. The summed E-state index contributed by atoms with van der Waals surface area (Å²) in [6, 6.07) is 6.02. The van der Waals surface area contributed by atoms with Gasteiger partial charge in [-0.15, -0.1) is 0 Å². The lowest BCUT2D eigenvalue weighted by molar-refractivity contribution is 0.640. The lowest BCUT2D eigenvalue weighted by Gasteiger charge is -2.10. The molecule has 0 amide bonds. The van der Waals surface area contributed by atoms with Crippen LogP contribution in [0.3, 0.4) is 0 Å². The number of H-pyrrole nitrogens is 1. The summed E-state index contributed by atoms with van der Waals surface area (Å²) in [7, 11) is 0. The Labute approximate surface area is 94.0 Å². The van der Waals surface area contributed by atoms with E-state index in [1.165, 1.54) is 0 Å². The predicted molar refractivity (Wildman–Crippen MR) is 60.5 cm³/mol. The van der Waals surface area contributed by atoms with Crippen LogP contribution >= 0.6 is 0 Å². The molecule has 0 aliphatic rings. The Bertz CT molecular complexity index is 519. The van der Waals surface area contributed by atoms with Gasteiger partial charge in [-0.2, -0.15) is 5.26 Å². The highest BCUT2D eigenvalue weighted by atomic mass is 14.9. The maximum atomic E-state index is 9.01. The minimum Gasteiger partial charge on any atom is -0.341 e. The van der Waals surface area contributed by atoms with Crippen molar-refractivity contribution in [2.45, 2.75) is 19.3 Å². The number of hydrogen-bond donors (Lipinski definition) is 1. The smallest absolute Gasteiger partial charge is 0.126 e. The molecule has 2 heterocycles. The van der Waals surface area contributed by atoms with Crippen molar-refractivity contribution in [3.63, 3.8) is 0 Å². The summed E-state index contributed by atoms with van der Waals surface area (Å²) in [5.74, 6) is 0.682. The zero-order valence-corrected chi connectivity index (χ0v) is 9.23. The number of imidazole rings is 1. The van der Waals surface area contributed by atoms with Crippen LogP contribution in [0.1, 0.15) is 19.7 Å². The highest BCUT2D eigenvalue weighted by molar-refractivity contribution is 5.57. The largest absolute Gasteiger partial charge is 0.341 e. The number of aromatic amines is 1. The van der Waals surface area contributed by atoms with Crippen molar-refractivity contribution in [2.75, 3.05) is 0 Å². The number of nitrogens with zero attached hydrogens (tertiary/aromatic N) is 3. The minimum atomic E-state index is -0.592. The summed E-state index contributed by atoms with van der Waals surface area (Å²) in [5, 5.41) is 9.01. The summed E-state index contributed by atoms with van der Waals surface area (Å²) in [5.41, 5.74) is 1.33. The van der Waals surface area contributed by atoms with Gasteiger partial charge >= 0.3 is 0 Å². The number of pyridine rings is 1. The number of nitrogens with one attached hydrogen (secondary N) is 1. The van der Waals surface area contributed by atoms with Crippen LogP contribution in [0.15, 0.2) is 30.7 Å². The minimum absolute atomic E-state index is 0.592. The van der Waals surface area contributed by atoms with Gasteiger partial charge in [-0.05, 0) is 26.0 Å². The van der Waals surface area contributed by atoms with Crippen molar-refractivity contribution < 1.29 is 0 Å². The van der Waals surface area contributed by atoms with E-state index >= 15 is 0 Å². The Morgan fingerprint density at radius 1 is 1.31 bits per heavy atom. The highest BCUT2D eigenvalue weighted by Gasteiger charge is 2.23. The molecule has 80 valence electrons. The molecule has 0 bridgehead atoms. The fourth-order valence-corrected chi connectivity index (χ4v) is 1.37. The molecule has 1 N–H and O–H groups in total. The van der Waals surface area contributed by atoms with Crippen molar-refractivity contribution in [1.82, 2.24) is 15.0 Å². The maximum absolute atomic E-state index is 9.01. The van der Waals surface area contributed by atoms with Gasteiger partial charge in [0, 0.05) is 18.0 Å². The van der Waals surface area contributed by atoms with Gasteiger partial charge in [-0.25, -0.2) is 4.98 Å². The molecule has 0 aliphatic carbocycles. The normalized spacial score (nSPS) is 11.1. The van der Waals surface area contributed by atoms with E-state index in [-0.39, 0.29) is 0 Å². The van der Waals surface area contributed by atoms with E-state index in [0.29, 0.717) is 5.82 Å². The van der Waals surface area contributed by atoms with Crippen LogP contribution < -0.4 is 0 Å². The molecule has 0 fully saturated rings. The second kappa shape index (κ2) is 3.78. The van der Waals surface area contributed by atoms with Gasteiger partial charge < -0.3 is 4.98 Å². The van der Waals surface area contributed by atoms with Crippen LogP contribution in [-0.2, 0) is 5.41 Å². The Hall–Kier alpha value is -2.15. The first-order valence-electron chi connectivity index (χ1n) is 5.00. The van der Waals surface area contributed by atoms with Crippen molar-refractivity contribution >= 4 is 0 Å². The Kier molecular flexibility index (Phi) is 2.45. The molecule has 0 aliphatic heterocycles. The molecule has 0 aromatic carbocycles. The molecule has 16 heavy (non-hydrogen) atoms. The van der Waals surface area contributed by atoms with Gasteiger partial charge in [-0.1, -0.05) is 0 Å². The van der Waals surface area contributed by atoms with E-state index in [4.69, 9.17) is 5.26 Å². The van der Waals surface area contributed by atoms with E-state index in [1.54, 1.807) is 18.6 Å². The third kappa shape index (κ3) is 1.80. The molecule has 2 aromatic rings. The molecule has 0 radical (unpaired) electrons. The van der Waals surface area contributed by atoms with Gasteiger partial charge in [0.15, 0.2) is 0 Å². The van der Waals surface area contributed by atoms with E-state index in [2.05, 4.69) is 21.0 Å². The van der Waals surface area contributed by atoms with Crippen LogP contribution in [0.4, 0.5) is 0 Å². The van der Waals surface area contributed by atoms with Crippen molar-refractivity contribution in [3.05, 3.63) is 36.5 Å². The lowest BCUT2D eigenvalue weighted by Crippen LogP contribution is -2.15. The standard InChI is InChI=1S/C12H12N4/c1-12(2,8-13)11-15-7-10(16-11)9-3-5-14-6-4-9/h3-7H,1-2H3,(H,15,16). The summed E-state index contributed by atoms with van der Waals surface area (Å²) >= 11 is 0. The van der Waals surface area contributed by atoms with E-state index < -0.39 is 5.41 Å². The molecule has 0 saturated heterocycles. The first-order chi connectivity index (χ1) is 7.63. The van der Waals surface area contributed by atoms with Crippen LogP contribution in [-0.4, -0.2) is 15.0 Å².